The van der Waals surface area contributed by atoms with Gasteiger partial charge >= 0.3 is 5.97 Å². The van der Waals surface area contributed by atoms with Crippen LogP contribution in [0.5, 0.6) is 5.75 Å². The van der Waals surface area contributed by atoms with Crippen LogP contribution in [0.4, 0.5) is 4.39 Å². The molecule has 1 aromatic carbocycles. The second-order valence-corrected chi connectivity index (χ2v) is 4.68. The van der Waals surface area contributed by atoms with Crippen LogP contribution >= 0.6 is 0 Å². The van der Waals surface area contributed by atoms with E-state index in [2.05, 4.69) is 5.32 Å². The number of carboxylic acid groups (broad SMARTS) is 1. The number of halogens is 1. The fraction of sp³-hybridized carbons (Fsp3) is 0.467. The molecule has 0 aliphatic carbocycles. The Kier molecular flexibility index (Phi) is 7.21. The minimum Gasteiger partial charge on any atom is -0.493 e. The van der Waals surface area contributed by atoms with E-state index in [1.54, 1.807) is 0 Å². The molecule has 1 amide bonds. The molecule has 1 rings (SSSR count). The van der Waals surface area contributed by atoms with Crippen LogP contribution in [0.25, 0.3) is 0 Å². The average molecular weight is 297 g/mol. The topological polar surface area (TPSA) is 75.6 Å². The summed E-state index contributed by atoms with van der Waals surface area (Å²) in [5.74, 6) is -1.59. The summed E-state index contributed by atoms with van der Waals surface area (Å²) in [4.78, 5) is 22.5. The molecule has 21 heavy (non-hydrogen) atoms. The van der Waals surface area contributed by atoms with Crippen molar-refractivity contribution in [1.29, 1.82) is 0 Å². The molecule has 5 nitrogen and oxygen atoms in total. The van der Waals surface area contributed by atoms with E-state index < -0.39 is 11.9 Å². The molecule has 0 aromatic heterocycles. The van der Waals surface area contributed by atoms with E-state index in [0.717, 1.165) is 6.42 Å². The molecule has 0 aliphatic rings. The SMILES string of the molecule is CCCC(CNC(=O)CCOc1ccc(F)cc1)C(=O)O. The molecule has 1 atom stereocenters. The van der Waals surface area contributed by atoms with Crippen LogP contribution in [0.1, 0.15) is 26.2 Å². The summed E-state index contributed by atoms with van der Waals surface area (Å²) in [5, 5.41) is 11.5. The number of hydrogen-bond acceptors (Lipinski definition) is 3. The number of carboxylic acids is 1. The van der Waals surface area contributed by atoms with Crippen LogP contribution in [0.2, 0.25) is 0 Å². The van der Waals surface area contributed by atoms with E-state index in [0.29, 0.717) is 12.2 Å². The first kappa shape index (κ1) is 16.9. The lowest BCUT2D eigenvalue weighted by molar-refractivity contribution is -0.141. The third-order valence-electron chi connectivity index (χ3n) is 2.94. The molecule has 116 valence electrons. The highest BCUT2D eigenvalue weighted by Gasteiger charge is 2.16. The number of hydrogen-bond donors (Lipinski definition) is 2. The normalized spacial score (nSPS) is 11.7. The van der Waals surface area contributed by atoms with Crippen molar-refractivity contribution >= 4 is 11.9 Å². The number of benzene rings is 1. The minimum atomic E-state index is -0.903. The predicted molar refractivity (Wildman–Crippen MR) is 75.6 cm³/mol. The quantitative estimate of drug-likeness (QED) is 0.733. The van der Waals surface area contributed by atoms with E-state index in [4.69, 9.17) is 9.84 Å². The number of carbonyl (C=O) groups excluding carboxylic acids is 1. The summed E-state index contributed by atoms with van der Waals surface area (Å²) in [6.07, 6.45) is 1.40. The van der Waals surface area contributed by atoms with E-state index in [1.807, 2.05) is 6.92 Å². The molecule has 1 aromatic rings. The molecule has 0 saturated carbocycles. The highest BCUT2D eigenvalue weighted by atomic mass is 19.1. The molecule has 0 heterocycles. The van der Waals surface area contributed by atoms with Crippen molar-refractivity contribution in [1.82, 2.24) is 5.32 Å². The Morgan fingerprint density at radius 2 is 2.00 bits per heavy atom. The van der Waals surface area contributed by atoms with E-state index >= 15 is 0 Å². The van der Waals surface area contributed by atoms with Crippen LogP contribution in [0.3, 0.4) is 0 Å². The van der Waals surface area contributed by atoms with Gasteiger partial charge in [0.1, 0.15) is 11.6 Å². The summed E-state index contributed by atoms with van der Waals surface area (Å²) < 4.78 is 18.0. The van der Waals surface area contributed by atoms with Gasteiger partial charge in [-0.1, -0.05) is 13.3 Å². The maximum atomic E-state index is 12.7. The summed E-state index contributed by atoms with van der Waals surface area (Å²) in [6.45, 7) is 2.18. The van der Waals surface area contributed by atoms with E-state index in [-0.39, 0.29) is 31.3 Å². The van der Waals surface area contributed by atoms with Gasteiger partial charge in [0, 0.05) is 6.54 Å². The Labute approximate surface area is 123 Å². The minimum absolute atomic E-state index is 0.121. The maximum Gasteiger partial charge on any atom is 0.308 e. The van der Waals surface area contributed by atoms with Gasteiger partial charge in [-0.15, -0.1) is 0 Å². The van der Waals surface area contributed by atoms with Crippen LogP contribution < -0.4 is 10.1 Å². The standard InChI is InChI=1S/C15H20FNO4/c1-2-3-11(15(19)20)10-17-14(18)8-9-21-13-6-4-12(16)5-7-13/h4-7,11H,2-3,8-10H2,1H3,(H,17,18)(H,19,20). The van der Waals surface area contributed by atoms with Crippen molar-refractivity contribution in [3.05, 3.63) is 30.1 Å². The van der Waals surface area contributed by atoms with Crippen molar-refractivity contribution in [3.8, 4) is 5.75 Å². The average Bonchev–Trinajstić information content (AvgIpc) is 2.45. The largest absolute Gasteiger partial charge is 0.493 e. The molecule has 0 bridgehead atoms. The Balaban J connectivity index is 2.24. The first-order valence-electron chi connectivity index (χ1n) is 6.90. The molecule has 6 heteroatoms. The van der Waals surface area contributed by atoms with Gasteiger partial charge in [0.25, 0.3) is 0 Å². The third kappa shape index (κ3) is 6.74. The van der Waals surface area contributed by atoms with Gasteiger partial charge < -0.3 is 15.2 Å². The van der Waals surface area contributed by atoms with Crippen LogP contribution in [0.15, 0.2) is 24.3 Å². The fourth-order valence-electron chi connectivity index (χ4n) is 1.78. The lowest BCUT2D eigenvalue weighted by atomic mass is 10.0. The fourth-order valence-corrected chi connectivity index (χ4v) is 1.78. The molecule has 2 N–H and O–H groups in total. The lowest BCUT2D eigenvalue weighted by Crippen LogP contribution is -2.33. The predicted octanol–water partition coefficient (Wildman–Crippen LogP) is 2.21. The molecule has 0 saturated heterocycles. The summed E-state index contributed by atoms with van der Waals surface area (Å²) in [7, 11) is 0. The summed E-state index contributed by atoms with van der Waals surface area (Å²) in [5.41, 5.74) is 0. The third-order valence-corrected chi connectivity index (χ3v) is 2.94. The number of aliphatic carboxylic acids is 1. The first-order valence-corrected chi connectivity index (χ1v) is 6.90. The van der Waals surface area contributed by atoms with E-state index in [9.17, 15) is 14.0 Å². The van der Waals surface area contributed by atoms with Crippen molar-refractivity contribution in [3.63, 3.8) is 0 Å². The molecule has 1 unspecified atom stereocenters. The highest BCUT2D eigenvalue weighted by molar-refractivity contribution is 5.77. The van der Waals surface area contributed by atoms with Gasteiger partial charge in [-0.3, -0.25) is 9.59 Å². The van der Waals surface area contributed by atoms with Crippen LogP contribution in [0, 0.1) is 11.7 Å². The van der Waals surface area contributed by atoms with Gasteiger partial charge in [0.2, 0.25) is 5.91 Å². The molecule has 0 aliphatic heterocycles. The zero-order valence-electron chi connectivity index (χ0n) is 12.0. The smallest absolute Gasteiger partial charge is 0.308 e. The Morgan fingerprint density at radius 3 is 2.57 bits per heavy atom. The Hall–Kier alpha value is -2.11. The summed E-state index contributed by atoms with van der Waals surface area (Å²) >= 11 is 0. The van der Waals surface area contributed by atoms with Gasteiger partial charge in [0.05, 0.1) is 18.9 Å². The second kappa shape index (κ2) is 8.94. The zero-order valence-corrected chi connectivity index (χ0v) is 12.0. The van der Waals surface area contributed by atoms with Crippen LogP contribution in [-0.4, -0.2) is 30.1 Å². The molecular weight excluding hydrogens is 277 g/mol. The number of carbonyl (C=O) groups is 2. The monoisotopic (exact) mass is 297 g/mol. The van der Waals surface area contributed by atoms with Gasteiger partial charge in [-0.05, 0) is 30.7 Å². The van der Waals surface area contributed by atoms with Gasteiger partial charge in [-0.25, -0.2) is 4.39 Å². The van der Waals surface area contributed by atoms with Gasteiger partial charge in [-0.2, -0.15) is 0 Å². The highest BCUT2D eigenvalue weighted by Crippen LogP contribution is 2.11. The molecule has 0 fully saturated rings. The molecule has 0 spiro atoms. The Morgan fingerprint density at radius 1 is 1.33 bits per heavy atom. The van der Waals surface area contributed by atoms with Gasteiger partial charge in [0.15, 0.2) is 0 Å². The molecule has 0 radical (unpaired) electrons. The number of nitrogens with one attached hydrogen (secondary N) is 1. The van der Waals surface area contributed by atoms with Crippen molar-refractivity contribution < 1.29 is 23.8 Å². The van der Waals surface area contributed by atoms with Crippen molar-refractivity contribution in [2.75, 3.05) is 13.2 Å². The first-order chi connectivity index (χ1) is 10.0. The van der Waals surface area contributed by atoms with Crippen molar-refractivity contribution in [2.45, 2.75) is 26.2 Å². The van der Waals surface area contributed by atoms with Crippen molar-refractivity contribution in [2.24, 2.45) is 5.92 Å². The second-order valence-electron chi connectivity index (χ2n) is 4.68. The van der Waals surface area contributed by atoms with Crippen LogP contribution in [-0.2, 0) is 9.59 Å². The number of ether oxygens (including phenoxy) is 1. The number of rotatable bonds is 9. The van der Waals surface area contributed by atoms with E-state index in [1.165, 1.54) is 24.3 Å². The Bertz CT molecular complexity index is 461. The number of amides is 1. The maximum absolute atomic E-state index is 12.7. The summed E-state index contributed by atoms with van der Waals surface area (Å²) in [6, 6.07) is 5.51. The molecular formula is C15H20FNO4. The lowest BCUT2D eigenvalue weighted by Gasteiger charge is -2.12. The zero-order chi connectivity index (χ0) is 15.7.